The van der Waals surface area contributed by atoms with Crippen LogP contribution in [0.15, 0.2) is 16.6 Å². The van der Waals surface area contributed by atoms with E-state index in [0.29, 0.717) is 36.3 Å². The number of benzene rings is 1. The molecule has 6 heteroatoms. The molecule has 0 heterocycles. The van der Waals surface area contributed by atoms with Gasteiger partial charge in [-0.2, -0.15) is 0 Å². The number of nitrogens with two attached hydrogens (primary N) is 1. The zero-order chi connectivity index (χ0) is 19.6. The molecule has 0 bridgehead atoms. The van der Waals surface area contributed by atoms with Crippen molar-refractivity contribution in [1.82, 2.24) is 5.32 Å². The van der Waals surface area contributed by atoms with E-state index in [1.165, 1.54) is 32.1 Å². The minimum absolute atomic E-state index is 0.314. The Bertz CT molecular complexity index is 606. The van der Waals surface area contributed by atoms with Gasteiger partial charge < -0.3 is 15.8 Å². The normalized spacial score (nSPS) is 16.3. The number of halogens is 2. The van der Waals surface area contributed by atoms with Gasteiger partial charge in [0.05, 0.1) is 17.9 Å². The van der Waals surface area contributed by atoms with E-state index >= 15 is 0 Å². The van der Waals surface area contributed by atoms with Crippen molar-refractivity contribution >= 4 is 39.2 Å². The third kappa shape index (κ3) is 6.95. The van der Waals surface area contributed by atoms with Crippen LogP contribution in [0.5, 0.6) is 0 Å². The molecule has 1 aliphatic rings. The molecule has 0 saturated heterocycles. The fraction of sp³-hybridized carbons (Fsp3) is 0.667. The van der Waals surface area contributed by atoms with Crippen molar-refractivity contribution in [1.29, 1.82) is 0 Å². The van der Waals surface area contributed by atoms with E-state index in [4.69, 9.17) is 22.1 Å². The summed E-state index contributed by atoms with van der Waals surface area (Å²) in [5, 5.41) is 3.68. The molecule has 0 aliphatic heterocycles. The first kappa shape index (κ1) is 22.5. The van der Waals surface area contributed by atoms with Crippen LogP contribution in [-0.4, -0.2) is 24.5 Å². The van der Waals surface area contributed by atoms with Gasteiger partial charge >= 0.3 is 5.97 Å². The zero-order valence-electron chi connectivity index (χ0n) is 16.2. The first-order chi connectivity index (χ1) is 13.1. The van der Waals surface area contributed by atoms with Crippen molar-refractivity contribution < 1.29 is 9.53 Å². The van der Waals surface area contributed by atoms with Crippen molar-refractivity contribution in [2.75, 3.05) is 18.2 Å². The molecule has 27 heavy (non-hydrogen) atoms. The Hall–Kier alpha value is -0.780. The Morgan fingerprint density at radius 3 is 2.74 bits per heavy atom. The number of nitrogens with one attached hydrogen (secondary N) is 1. The average molecular weight is 460 g/mol. The summed E-state index contributed by atoms with van der Waals surface area (Å²) < 4.78 is 6.08. The second-order valence-corrected chi connectivity index (χ2v) is 8.59. The maximum absolute atomic E-state index is 12.3. The summed E-state index contributed by atoms with van der Waals surface area (Å²) in [7, 11) is 0. The minimum atomic E-state index is -0.314. The number of hydrogen-bond acceptors (Lipinski definition) is 4. The third-order valence-electron chi connectivity index (χ3n) is 5.43. The predicted octanol–water partition coefficient (Wildman–Crippen LogP) is 5.66. The average Bonchev–Trinajstić information content (AvgIpc) is 2.69. The Balaban J connectivity index is 2.00. The van der Waals surface area contributed by atoms with Gasteiger partial charge in [-0.1, -0.05) is 26.2 Å². The number of ether oxygens (including phenoxy) is 1. The molecule has 1 saturated carbocycles. The van der Waals surface area contributed by atoms with E-state index in [-0.39, 0.29) is 5.97 Å². The van der Waals surface area contributed by atoms with Crippen LogP contribution in [0, 0.1) is 5.92 Å². The number of rotatable bonds is 10. The Morgan fingerprint density at radius 1 is 1.33 bits per heavy atom. The van der Waals surface area contributed by atoms with Gasteiger partial charge in [0, 0.05) is 22.9 Å². The molecule has 1 atom stereocenters. The van der Waals surface area contributed by atoms with Crippen molar-refractivity contribution in [3.63, 3.8) is 0 Å². The van der Waals surface area contributed by atoms with Gasteiger partial charge in [0.15, 0.2) is 0 Å². The minimum Gasteiger partial charge on any atom is -0.462 e. The van der Waals surface area contributed by atoms with Crippen LogP contribution < -0.4 is 11.1 Å². The smallest absolute Gasteiger partial charge is 0.338 e. The molecule has 152 valence electrons. The maximum Gasteiger partial charge on any atom is 0.338 e. The zero-order valence-corrected chi connectivity index (χ0v) is 18.6. The van der Waals surface area contributed by atoms with Crippen LogP contribution in [0.25, 0.3) is 0 Å². The first-order valence-corrected chi connectivity index (χ1v) is 11.4. The van der Waals surface area contributed by atoms with Crippen LogP contribution in [0.3, 0.4) is 0 Å². The van der Waals surface area contributed by atoms with Crippen molar-refractivity contribution in [3.05, 3.63) is 27.7 Å². The molecule has 0 amide bonds. The molecule has 0 aromatic heterocycles. The van der Waals surface area contributed by atoms with Crippen LogP contribution in [0.2, 0.25) is 0 Å². The number of nitrogen functional groups attached to an aromatic ring is 1. The summed E-state index contributed by atoms with van der Waals surface area (Å²) in [6.45, 7) is 3.29. The highest BCUT2D eigenvalue weighted by Crippen LogP contribution is 2.29. The largest absolute Gasteiger partial charge is 0.462 e. The van der Waals surface area contributed by atoms with E-state index in [9.17, 15) is 4.79 Å². The number of alkyl halides is 1. The standard InChI is InChI=1S/C21H32BrClN2O2/c1-2-19(15-8-4-3-5-9-15)25-14-17-12-16(13-18(22)20(17)24)21(26)27-11-7-6-10-23/h12-13,15,19,25H,2-11,14,24H2,1H3. The maximum atomic E-state index is 12.3. The highest BCUT2D eigenvalue weighted by Gasteiger charge is 2.22. The lowest BCUT2D eigenvalue weighted by Gasteiger charge is -2.30. The summed E-state index contributed by atoms with van der Waals surface area (Å²) in [6.07, 6.45) is 9.37. The van der Waals surface area contributed by atoms with Gasteiger partial charge in [-0.25, -0.2) is 4.79 Å². The monoisotopic (exact) mass is 458 g/mol. The lowest BCUT2D eigenvalue weighted by Crippen LogP contribution is -2.36. The van der Waals surface area contributed by atoms with Crippen molar-refractivity contribution in [2.45, 2.75) is 70.9 Å². The molecule has 1 fully saturated rings. The fourth-order valence-corrected chi connectivity index (χ4v) is 4.50. The van der Waals surface area contributed by atoms with Crippen LogP contribution >= 0.6 is 27.5 Å². The molecular formula is C21H32BrClN2O2. The molecule has 0 spiro atoms. The van der Waals surface area contributed by atoms with Gasteiger partial charge in [0.25, 0.3) is 0 Å². The highest BCUT2D eigenvalue weighted by atomic mass is 79.9. The number of esters is 1. The summed E-state index contributed by atoms with van der Waals surface area (Å²) >= 11 is 9.13. The van der Waals surface area contributed by atoms with E-state index < -0.39 is 0 Å². The van der Waals surface area contributed by atoms with Crippen molar-refractivity contribution in [3.8, 4) is 0 Å². The summed E-state index contributed by atoms with van der Waals surface area (Å²) in [5.74, 6) is 1.01. The molecule has 2 rings (SSSR count). The highest BCUT2D eigenvalue weighted by molar-refractivity contribution is 9.10. The first-order valence-electron chi connectivity index (χ1n) is 10.1. The predicted molar refractivity (Wildman–Crippen MR) is 116 cm³/mol. The van der Waals surface area contributed by atoms with E-state index in [1.807, 2.05) is 6.07 Å². The number of hydrogen-bond donors (Lipinski definition) is 2. The Morgan fingerprint density at radius 2 is 2.07 bits per heavy atom. The second-order valence-electron chi connectivity index (χ2n) is 7.36. The molecule has 4 nitrogen and oxygen atoms in total. The Labute approximate surface area is 176 Å². The lowest BCUT2D eigenvalue weighted by molar-refractivity contribution is 0.0499. The van der Waals surface area contributed by atoms with Gasteiger partial charge in [0.2, 0.25) is 0 Å². The summed E-state index contributed by atoms with van der Waals surface area (Å²) in [4.78, 5) is 12.3. The second kappa shape index (κ2) is 11.9. The fourth-order valence-electron chi connectivity index (χ4n) is 3.81. The van der Waals surface area contributed by atoms with Gasteiger partial charge in [-0.05, 0) is 71.6 Å². The molecule has 1 aromatic rings. The molecule has 0 radical (unpaired) electrons. The lowest BCUT2D eigenvalue weighted by atomic mass is 9.83. The number of carbonyl (C=O) groups is 1. The molecule has 1 unspecified atom stereocenters. The van der Waals surface area contributed by atoms with Crippen molar-refractivity contribution in [2.24, 2.45) is 5.92 Å². The summed E-state index contributed by atoms with van der Waals surface area (Å²) in [6, 6.07) is 4.08. The topological polar surface area (TPSA) is 64.3 Å². The Kier molecular flexibility index (Phi) is 9.94. The van der Waals surface area contributed by atoms with Gasteiger partial charge in [-0.15, -0.1) is 11.6 Å². The van der Waals surface area contributed by atoms with Gasteiger partial charge in [-0.3, -0.25) is 0 Å². The van der Waals surface area contributed by atoms with Crippen LogP contribution in [0.1, 0.15) is 74.2 Å². The summed E-state index contributed by atoms with van der Waals surface area (Å²) in [5.41, 5.74) is 8.39. The number of unbranched alkanes of at least 4 members (excludes halogenated alkanes) is 1. The van der Waals surface area contributed by atoms with Crippen LogP contribution in [-0.2, 0) is 11.3 Å². The van der Waals surface area contributed by atoms with Crippen LogP contribution in [0.4, 0.5) is 5.69 Å². The number of carbonyl (C=O) groups excluding carboxylic acids is 1. The molecule has 1 aliphatic carbocycles. The van der Waals surface area contributed by atoms with E-state index in [1.54, 1.807) is 6.07 Å². The van der Waals surface area contributed by atoms with E-state index in [0.717, 1.165) is 35.2 Å². The third-order valence-corrected chi connectivity index (χ3v) is 6.35. The number of anilines is 1. The quantitative estimate of drug-likeness (QED) is 0.205. The SMILES string of the molecule is CCC(NCc1cc(C(=O)OCCCCCl)cc(Br)c1N)C1CCCCC1. The molecular weight excluding hydrogens is 428 g/mol. The molecule has 1 aromatic carbocycles. The van der Waals surface area contributed by atoms with Gasteiger partial charge in [0.1, 0.15) is 0 Å². The van der Waals surface area contributed by atoms with E-state index in [2.05, 4.69) is 28.2 Å². The molecule has 3 N–H and O–H groups in total.